The molecule has 0 unspecified atom stereocenters. The minimum Gasteiger partial charge on any atom is -0.323 e. The minimum absolute atomic E-state index is 0.0966. The number of nitrogens with zero attached hydrogens (tertiary/aromatic N) is 2. The Morgan fingerprint density at radius 2 is 1.96 bits per heavy atom. The monoisotopic (exact) mass is 368 g/mol. The Bertz CT molecular complexity index is 1130. The third-order valence-corrected chi connectivity index (χ3v) is 5.58. The van der Waals surface area contributed by atoms with Crippen molar-refractivity contribution in [2.75, 3.05) is 17.1 Å². The highest BCUT2D eigenvalue weighted by Gasteiger charge is 2.21. The molecule has 1 aromatic heterocycles. The number of sulfonamides is 1. The molecule has 26 heavy (non-hydrogen) atoms. The molecule has 0 saturated heterocycles. The number of hydrogen-bond acceptors (Lipinski definition) is 4. The van der Waals surface area contributed by atoms with Crippen molar-refractivity contribution < 1.29 is 13.2 Å². The highest BCUT2D eigenvalue weighted by atomic mass is 32.2. The van der Waals surface area contributed by atoms with Crippen LogP contribution in [-0.2, 0) is 16.6 Å². The van der Waals surface area contributed by atoms with E-state index in [1.54, 1.807) is 31.3 Å². The quantitative estimate of drug-likeness (QED) is 0.743. The van der Waals surface area contributed by atoms with Crippen LogP contribution in [0.1, 0.15) is 5.56 Å². The Morgan fingerprint density at radius 3 is 2.81 bits per heavy atom. The van der Waals surface area contributed by atoms with Gasteiger partial charge in [-0.3, -0.25) is 9.71 Å². The fourth-order valence-electron chi connectivity index (χ4n) is 2.86. The third-order valence-electron chi connectivity index (χ3n) is 4.23. The normalized spacial score (nSPS) is 14.0. The van der Waals surface area contributed by atoms with Gasteiger partial charge in [0, 0.05) is 36.6 Å². The Balaban J connectivity index is 1.65. The molecule has 2 amide bonds. The number of amides is 2. The topological polar surface area (TPSA) is 91.4 Å². The molecule has 0 saturated carbocycles. The molecule has 1 aliphatic rings. The van der Waals surface area contributed by atoms with Crippen molar-refractivity contribution in [1.82, 2.24) is 9.88 Å². The van der Waals surface area contributed by atoms with E-state index >= 15 is 0 Å². The number of anilines is 2. The summed E-state index contributed by atoms with van der Waals surface area (Å²) in [6.45, 7) is 0.411. The van der Waals surface area contributed by atoms with Gasteiger partial charge < -0.3 is 10.2 Å². The Hall–Kier alpha value is -3.13. The van der Waals surface area contributed by atoms with Crippen molar-refractivity contribution in [2.24, 2.45) is 0 Å². The summed E-state index contributed by atoms with van der Waals surface area (Å²) in [6, 6.07) is 13.8. The van der Waals surface area contributed by atoms with E-state index < -0.39 is 10.0 Å². The van der Waals surface area contributed by atoms with Crippen molar-refractivity contribution in [3.8, 4) is 0 Å². The lowest BCUT2D eigenvalue weighted by Crippen LogP contribution is -2.35. The molecule has 8 heteroatoms. The third kappa shape index (κ3) is 2.95. The number of nitrogens with one attached hydrogen (secondary N) is 2. The number of urea groups is 1. The number of rotatable bonds is 3. The van der Waals surface area contributed by atoms with E-state index in [-0.39, 0.29) is 10.9 Å². The van der Waals surface area contributed by atoms with Crippen LogP contribution in [0.4, 0.5) is 16.2 Å². The van der Waals surface area contributed by atoms with E-state index in [0.29, 0.717) is 17.9 Å². The molecule has 132 valence electrons. The Labute approximate surface area is 150 Å². The van der Waals surface area contributed by atoms with Gasteiger partial charge in [-0.2, -0.15) is 0 Å². The van der Waals surface area contributed by atoms with E-state index in [2.05, 4.69) is 15.0 Å². The van der Waals surface area contributed by atoms with Crippen LogP contribution in [0.5, 0.6) is 0 Å². The predicted octanol–water partition coefficient (Wildman–Crippen LogP) is 3.01. The van der Waals surface area contributed by atoms with Crippen LogP contribution in [-0.4, -0.2) is 31.4 Å². The van der Waals surface area contributed by atoms with Crippen LogP contribution < -0.4 is 10.0 Å². The summed E-state index contributed by atoms with van der Waals surface area (Å²) in [5.74, 6) is 0. The molecule has 0 fully saturated rings. The molecule has 7 nitrogen and oxygen atoms in total. The number of carbonyl (C=O) groups excluding carboxylic acids is 1. The van der Waals surface area contributed by atoms with Crippen LogP contribution in [0, 0.1) is 0 Å². The first-order valence-corrected chi connectivity index (χ1v) is 9.43. The average molecular weight is 368 g/mol. The zero-order valence-corrected chi connectivity index (χ0v) is 14.7. The number of pyridine rings is 1. The van der Waals surface area contributed by atoms with Gasteiger partial charge in [-0.05, 0) is 35.9 Å². The van der Waals surface area contributed by atoms with E-state index in [0.717, 1.165) is 16.5 Å². The molecule has 3 aromatic rings. The molecule has 2 aromatic carbocycles. The molecule has 0 atom stereocenters. The Morgan fingerprint density at radius 1 is 1.15 bits per heavy atom. The highest BCUT2D eigenvalue weighted by Crippen LogP contribution is 2.27. The highest BCUT2D eigenvalue weighted by molar-refractivity contribution is 7.92. The van der Waals surface area contributed by atoms with Crippen LogP contribution in [0.2, 0.25) is 0 Å². The second-order valence-corrected chi connectivity index (χ2v) is 7.81. The van der Waals surface area contributed by atoms with Gasteiger partial charge in [-0.15, -0.1) is 0 Å². The van der Waals surface area contributed by atoms with Crippen LogP contribution in [0.3, 0.4) is 0 Å². The van der Waals surface area contributed by atoms with Crippen molar-refractivity contribution in [3.05, 3.63) is 60.3 Å². The molecule has 0 aliphatic carbocycles. The number of aromatic nitrogens is 1. The van der Waals surface area contributed by atoms with Gasteiger partial charge >= 0.3 is 6.03 Å². The van der Waals surface area contributed by atoms with Crippen molar-refractivity contribution in [3.63, 3.8) is 0 Å². The summed E-state index contributed by atoms with van der Waals surface area (Å²) >= 11 is 0. The lowest BCUT2D eigenvalue weighted by molar-refractivity contribution is 0.218. The minimum atomic E-state index is -3.77. The number of benzene rings is 2. The van der Waals surface area contributed by atoms with Crippen LogP contribution in [0.15, 0.2) is 59.6 Å². The second kappa shape index (κ2) is 5.99. The zero-order valence-electron chi connectivity index (χ0n) is 13.9. The van der Waals surface area contributed by atoms with Crippen molar-refractivity contribution in [2.45, 2.75) is 11.4 Å². The lowest BCUT2D eigenvalue weighted by Gasteiger charge is -2.26. The van der Waals surface area contributed by atoms with Crippen LogP contribution in [0.25, 0.3) is 10.9 Å². The van der Waals surface area contributed by atoms with Crippen molar-refractivity contribution in [1.29, 1.82) is 0 Å². The SMILES string of the molecule is CN1Cc2cc(NS(=O)(=O)c3cnc4ccccc4c3)ccc2NC1=O. The first-order valence-electron chi connectivity index (χ1n) is 7.95. The number of fused-ring (bicyclic) bond motifs is 2. The smallest absolute Gasteiger partial charge is 0.321 e. The summed E-state index contributed by atoms with van der Waals surface area (Å²) in [4.78, 5) is 17.5. The molecular formula is C18H16N4O3S. The molecule has 2 N–H and O–H groups in total. The first kappa shape index (κ1) is 16.3. The van der Waals surface area contributed by atoms with E-state index in [1.165, 1.54) is 11.1 Å². The van der Waals surface area contributed by atoms with E-state index in [1.807, 2.05) is 24.3 Å². The van der Waals surface area contributed by atoms with Crippen molar-refractivity contribution >= 4 is 38.3 Å². The summed E-state index contributed by atoms with van der Waals surface area (Å²) in [5.41, 5.74) is 2.69. The maximum atomic E-state index is 12.7. The second-order valence-electron chi connectivity index (χ2n) is 6.13. The van der Waals surface area contributed by atoms with Gasteiger partial charge in [0.15, 0.2) is 0 Å². The number of para-hydroxylation sites is 1. The summed E-state index contributed by atoms with van der Waals surface area (Å²) in [7, 11) is -2.09. The lowest BCUT2D eigenvalue weighted by atomic mass is 10.1. The maximum Gasteiger partial charge on any atom is 0.321 e. The standard InChI is InChI=1S/C18H16N4O3S/c1-22-11-13-8-14(6-7-17(13)20-18(22)23)21-26(24,25)15-9-12-4-2-3-5-16(12)19-10-15/h2-10,21H,11H2,1H3,(H,20,23). The van der Waals surface area contributed by atoms with Gasteiger partial charge in [0.05, 0.1) is 5.52 Å². The summed E-state index contributed by atoms with van der Waals surface area (Å²) in [6.07, 6.45) is 1.34. The van der Waals surface area contributed by atoms with E-state index in [9.17, 15) is 13.2 Å². The summed E-state index contributed by atoms with van der Waals surface area (Å²) < 4.78 is 28.0. The van der Waals surface area contributed by atoms with Gasteiger partial charge in [0.1, 0.15) is 4.90 Å². The summed E-state index contributed by atoms with van der Waals surface area (Å²) in [5, 5.41) is 3.51. The maximum absolute atomic E-state index is 12.7. The molecule has 4 rings (SSSR count). The zero-order chi connectivity index (χ0) is 18.3. The van der Waals surface area contributed by atoms with E-state index in [4.69, 9.17) is 0 Å². The van der Waals surface area contributed by atoms with Gasteiger partial charge in [-0.25, -0.2) is 13.2 Å². The van der Waals surface area contributed by atoms with Gasteiger partial charge in [-0.1, -0.05) is 18.2 Å². The van der Waals surface area contributed by atoms with Crippen LogP contribution >= 0.6 is 0 Å². The molecule has 0 bridgehead atoms. The fourth-order valence-corrected chi connectivity index (χ4v) is 3.89. The molecule has 2 heterocycles. The fraction of sp³-hybridized carbons (Fsp3) is 0.111. The molecule has 0 radical (unpaired) electrons. The Kier molecular flexibility index (Phi) is 3.77. The van der Waals surface area contributed by atoms with Gasteiger partial charge in [0.25, 0.3) is 10.0 Å². The number of hydrogen-bond donors (Lipinski definition) is 2. The first-order chi connectivity index (χ1) is 12.4. The molecule has 1 aliphatic heterocycles. The van der Waals surface area contributed by atoms with Gasteiger partial charge in [0.2, 0.25) is 0 Å². The predicted molar refractivity (Wildman–Crippen MR) is 99.5 cm³/mol. The molecule has 0 spiro atoms. The largest absolute Gasteiger partial charge is 0.323 e. The number of carbonyl (C=O) groups is 1. The molecular weight excluding hydrogens is 352 g/mol. The average Bonchev–Trinajstić information content (AvgIpc) is 2.62.